The van der Waals surface area contributed by atoms with Crippen molar-refractivity contribution in [3.8, 4) is 0 Å². The van der Waals surface area contributed by atoms with Crippen LogP contribution in [0.3, 0.4) is 0 Å². The topological polar surface area (TPSA) is 46.9 Å². The monoisotopic (exact) mass is 325 g/mol. The third kappa shape index (κ3) is 3.20. The molecule has 0 saturated carbocycles. The van der Waals surface area contributed by atoms with Crippen LogP contribution in [0, 0.1) is 12.7 Å². The van der Waals surface area contributed by atoms with E-state index in [1.54, 1.807) is 31.5 Å². The fourth-order valence-electron chi connectivity index (χ4n) is 1.62. The highest BCUT2D eigenvalue weighted by Gasteiger charge is 2.17. The molecule has 19 heavy (non-hydrogen) atoms. The number of hydrogen-bond acceptors (Lipinski definition) is 2. The number of aromatic nitrogens is 2. The van der Waals surface area contributed by atoms with Crippen molar-refractivity contribution in [2.45, 2.75) is 19.9 Å². The van der Waals surface area contributed by atoms with E-state index in [1.807, 2.05) is 6.92 Å². The molecule has 6 heteroatoms. The third-order valence-electron chi connectivity index (χ3n) is 2.73. The lowest BCUT2D eigenvalue weighted by Crippen LogP contribution is -2.24. The fraction of sp³-hybridized carbons (Fsp3) is 0.231. The predicted octanol–water partition coefficient (Wildman–Crippen LogP) is 3.29. The summed E-state index contributed by atoms with van der Waals surface area (Å²) in [6.45, 7) is 3.53. The highest BCUT2D eigenvalue weighted by Crippen LogP contribution is 2.18. The summed E-state index contributed by atoms with van der Waals surface area (Å²) in [5, 5.41) is 6.60. The van der Waals surface area contributed by atoms with Crippen molar-refractivity contribution >= 4 is 27.5 Å². The number of nitrogens with one attached hydrogen (secondary N) is 1. The average Bonchev–Trinajstić information content (AvgIpc) is 2.79. The van der Waals surface area contributed by atoms with Crippen LogP contribution in [0.25, 0.3) is 0 Å². The van der Waals surface area contributed by atoms with Crippen LogP contribution in [0.15, 0.2) is 35.1 Å². The van der Waals surface area contributed by atoms with Gasteiger partial charge in [-0.3, -0.25) is 9.48 Å². The van der Waals surface area contributed by atoms with Crippen molar-refractivity contribution in [2.24, 2.45) is 0 Å². The Labute approximate surface area is 118 Å². The number of aryl methyl sites for hydroxylation is 1. The first-order valence-electron chi connectivity index (χ1n) is 5.74. The minimum Gasteiger partial charge on any atom is -0.322 e. The first kappa shape index (κ1) is 13.7. The van der Waals surface area contributed by atoms with Gasteiger partial charge < -0.3 is 5.32 Å². The summed E-state index contributed by atoms with van der Waals surface area (Å²) >= 11 is 3.26. The molecule has 1 N–H and O–H groups in total. The minimum atomic E-state index is -0.522. The quantitative estimate of drug-likeness (QED) is 0.941. The van der Waals surface area contributed by atoms with Gasteiger partial charge in [-0.05, 0) is 47.5 Å². The van der Waals surface area contributed by atoms with Crippen LogP contribution in [0.2, 0.25) is 0 Å². The lowest BCUT2D eigenvalue weighted by Gasteiger charge is -2.13. The zero-order valence-corrected chi connectivity index (χ0v) is 12.1. The van der Waals surface area contributed by atoms with Gasteiger partial charge in [0.05, 0.1) is 16.4 Å². The van der Waals surface area contributed by atoms with Gasteiger partial charge in [0.15, 0.2) is 0 Å². The summed E-state index contributed by atoms with van der Waals surface area (Å²) in [5.74, 6) is -0.770. The van der Waals surface area contributed by atoms with Gasteiger partial charge in [0.25, 0.3) is 0 Å². The van der Waals surface area contributed by atoms with E-state index in [0.717, 1.165) is 10.0 Å². The lowest BCUT2D eigenvalue weighted by molar-refractivity contribution is -0.119. The molecule has 0 saturated heterocycles. The smallest absolute Gasteiger partial charge is 0.249 e. The van der Waals surface area contributed by atoms with E-state index in [2.05, 4.69) is 26.3 Å². The molecule has 2 aromatic rings. The first-order valence-corrected chi connectivity index (χ1v) is 6.53. The van der Waals surface area contributed by atoms with E-state index in [4.69, 9.17) is 0 Å². The highest BCUT2D eigenvalue weighted by atomic mass is 79.9. The Hall–Kier alpha value is -1.69. The van der Waals surface area contributed by atoms with E-state index >= 15 is 0 Å². The molecule has 1 unspecified atom stereocenters. The maximum atomic E-state index is 13.6. The van der Waals surface area contributed by atoms with Crippen molar-refractivity contribution in [3.63, 3.8) is 0 Å². The van der Waals surface area contributed by atoms with Crippen LogP contribution in [-0.4, -0.2) is 15.7 Å². The highest BCUT2D eigenvalue weighted by molar-refractivity contribution is 9.10. The second-order valence-electron chi connectivity index (χ2n) is 4.29. The maximum absolute atomic E-state index is 13.6. The minimum absolute atomic E-state index is 0.183. The molecule has 0 aliphatic rings. The number of hydrogen-bond donors (Lipinski definition) is 1. The van der Waals surface area contributed by atoms with E-state index in [1.165, 1.54) is 10.7 Å². The van der Waals surface area contributed by atoms with Crippen molar-refractivity contribution in [1.82, 2.24) is 9.78 Å². The van der Waals surface area contributed by atoms with Crippen molar-refractivity contribution < 1.29 is 9.18 Å². The number of halogens is 2. The fourth-order valence-corrected chi connectivity index (χ4v) is 1.92. The first-order chi connectivity index (χ1) is 8.97. The van der Waals surface area contributed by atoms with Gasteiger partial charge in [-0.25, -0.2) is 4.39 Å². The van der Waals surface area contributed by atoms with E-state index < -0.39 is 11.9 Å². The molecule has 1 atom stereocenters. The molecule has 0 aliphatic carbocycles. The van der Waals surface area contributed by atoms with E-state index in [9.17, 15) is 9.18 Å². The van der Waals surface area contributed by atoms with Gasteiger partial charge in [0.2, 0.25) is 5.91 Å². The second kappa shape index (κ2) is 5.52. The Morgan fingerprint density at radius 2 is 2.26 bits per heavy atom. The van der Waals surface area contributed by atoms with E-state index in [0.29, 0.717) is 0 Å². The molecular weight excluding hydrogens is 313 g/mol. The zero-order valence-electron chi connectivity index (χ0n) is 10.5. The molecule has 100 valence electrons. The van der Waals surface area contributed by atoms with Crippen LogP contribution in [0.1, 0.15) is 18.5 Å². The SMILES string of the molecule is Cc1ccc(F)c(NC(=O)C(C)n2cc(Br)cn2)c1. The number of amides is 1. The van der Waals surface area contributed by atoms with Crippen LogP contribution in [0.4, 0.5) is 10.1 Å². The van der Waals surface area contributed by atoms with Gasteiger partial charge in [-0.15, -0.1) is 0 Å². The Morgan fingerprint density at radius 1 is 1.53 bits per heavy atom. The zero-order chi connectivity index (χ0) is 14.0. The number of nitrogens with zero attached hydrogens (tertiary/aromatic N) is 2. The molecular formula is C13H13BrFN3O. The largest absolute Gasteiger partial charge is 0.322 e. The van der Waals surface area contributed by atoms with E-state index in [-0.39, 0.29) is 11.6 Å². The molecule has 1 aromatic carbocycles. The van der Waals surface area contributed by atoms with Crippen LogP contribution in [-0.2, 0) is 4.79 Å². The van der Waals surface area contributed by atoms with Crippen molar-refractivity contribution in [1.29, 1.82) is 0 Å². The number of carbonyl (C=O) groups is 1. The van der Waals surface area contributed by atoms with Crippen molar-refractivity contribution in [3.05, 3.63) is 46.4 Å². The van der Waals surface area contributed by atoms with Gasteiger partial charge >= 0.3 is 0 Å². The number of benzene rings is 1. The predicted molar refractivity (Wildman–Crippen MR) is 74.4 cm³/mol. The number of anilines is 1. The molecule has 0 spiro atoms. The average molecular weight is 326 g/mol. The molecule has 4 nitrogen and oxygen atoms in total. The van der Waals surface area contributed by atoms with Crippen LogP contribution >= 0.6 is 15.9 Å². The molecule has 2 rings (SSSR count). The maximum Gasteiger partial charge on any atom is 0.249 e. The number of carbonyl (C=O) groups excluding carboxylic acids is 1. The summed E-state index contributed by atoms with van der Waals surface area (Å²) in [6, 6.07) is 4.06. The Bertz CT molecular complexity index is 612. The van der Waals surface area contributed by atoms with Crippen LogP contribution in [0.5, 0.6) is 0 Å². The summed E-state index contributed by atoms with van der Waals surface area (Å²) in [7, 11) is 0. The molecule has 0 bridgehead atoms. The molecule has 0 fully saturated rings. The molecule has 1 aromatic heterocycles. The molecule has 0 aliphatic heterocycles. The standard InChI is InChI=1S/C13H13BrFN3O/c1-8-3-4-11(15)12(5-8)17-13(19)9(2)18-7-10(14)6-16-18/h3-7,9H,1-2H3,(H,17,19). The van der Waals surface area contributed by atoms with Crippen LogP contribution < -0.4 is 5.32 Å². The number of rotatable bonds is 3. The van der Waals surface area contributed by atoms with Gasteiger partial charge in [-0.1, -0.05) is 6.07 Å². The lowest BCUT2D eigenvalue weighted by atomic mass is 10.2. The molecule has 1 amide bonds. The molecule has 1 heterocycles. The second-order valence-corrected chi connectivity index (χ2v) is 5.20. The third-order valence-corrected chi connectivity index (χ3v) is 3.14. The summed E-state index contributed by atoms with van der Waals surface area (Å²) in [6.07, 6.45) is 3.29. The Kier molecular flexibility index (Phi) is 3.99. The van der Waals surface area contributed by atoms with Crippen molar-refractivity contribution in [2.75, 3.05) is 5.32 Å². The Balaban J connectivity index is 2.14. The molecule has 0 radical (unpaired) electrons. The van der Waals surface area contributed by atoms with Gasteiger partial charge in [-0.2, -0.15) is 5.10 Å². The van der Waals surface area contributed by atoms with Gasteiger partial charge in [0, 0.05) is 6.20 Å². The van der Waals surface area contributed by atoms with Gasteiger partial charge in [0.1, 0.15) is 11.9 Å². The summed E-state index contributed by atoms with van der Waals surface area (Å²) < 4.78 is 15.8. The normalized spacial score (nSPS) is 12.2. The summed E-state index contributed by atoms with van der Waals surface area (Å²) in [4.78, 5) is 12.0. The summed E-state index contributed by atoms with van der Waals surface area (Å²) in [5.41, 5.74) is 1.06. The Morgan fingerprint density at radius 3 is 2.89 bits per heavy atom.